The molecule has 0 heterocycles. The zero-order valence-electron chi connectivity index (χ0n) is 12.1. The van der Waals surface area contributed by atoms with Crippen LogP contribution in [0.25, 0.3) is 0 Å². The Bertz CT molecular complexity index is 614. The molecule has 2 aromatic carbocycles. The lowest BCUT2D eigenvalue weighted by atomic mass is 10.2. The van der Waals surface area contributed by atoms with E-state index in [0.29, 0.717) is 12.2 Å². The van der Waals surface area contributed by atoms with Crippen LogP contribution < -0.4 is 5.32 Å². The SMILES string of the molecule is O=C(O)CN(CC(=O)Nc1ccccc1)Cc1ccccc1. The van der Waals surface area contributed by atoms with Gasteiger partial charge in [-0.15, -0.1) is 0 Å². The fourth-order valence-corrected chi connectivity index (χ4v) is 2.13. The number of hydrogen-bond donors (Lipinski definition) is 2. The fourth-order valence-electron chi connectivity index (χ4n) is 2.13. The number of carbonyl (C=O) groups is 2. The number of hydrogen-bond acceptors (Lipinski definition) is 3. The van der Waals surface area contributed by atoms with E-state index in [0.717, 1.165) is 5.56 Å². The Labute approximate surface area is 129 Å². The van der Waals surface area contributed by atoms with E-state index in [2.05, 4.69) is 5.32 Å². The second-order valence-corrected chi connectivity index (χ2v) is 4.94. The molecule has 0 aliphatic rings. The van der Waals surface area contributed by atoms with Gasteiger partial charge in [-0.3, -0.25) is 14.5 Å². The lowest BCUT2D eigenvalue weighted by Gasteiger charge is -2.19. The van der Waals surface area contributed by atoms with E-state index in [9.17, 15) is 9.59 Å². The highest BCUT2D eigenvalue weighted by molar-refractivity contribution is 5.92. The second kappa shape index (κ2) is 7.95. The van der Waals surface area contributed by atoms with Gasteiger partial charge >= 0.3 is 5.97 Å². The van der Waals surface area contributed by atoms with Crippen LogP contribution >= 0.6 is 0 Å². The van der Waals surface area contributed by atoms with E-state index >= 15 is 0 Å². The molecule has 0 saturated carbocycles. The van der Waals surface area contributed by atoms with Crippen molar-refractivity contribution in [1.29, 1.82) is 0 Å². The van der Waals surface area contributed by atoms with Crippen LogP contribution in [0.3, 0.4) is 0 Å². The summed E-state index contributed by atoms with van der Waals surface area (Å²) >= 11 is 0. The summed E-state index contributed by atoms with van der Waals surface area (Å²) in [6, 6.07) is 18.6. The number of rotatable bonds is 7. The minimum atomic E-state index is -0.955. The molecule has 22 heavy (non-hydrogen) atoms. The number of nitrogens with zero attached hydrogens (tertiary/aromatic N) is 1. The molecule has 1 amide bonds. The average molecular weight is 298 g/mol. The zero-order valence-corrected chi connectivity index (χ0v) is 12.1. The fraction of sp³-hybridized carbons (Fsp3) is 0.176. The molecule has 5 nitrogen and oxygen atoms in total. The smallest absolute Gasteiger partial charge is 0.317 e. The van der Waals surface area contributed by atoms with Gasteiger partial charge in [-0.25, -0.2) is 0 Å². The Morgan fingerprint density at radius 3 is 2.09 bits per heavy atom. The third kappa shape index (κ3) is 5.38. The van der Waals surface area contributed by atoms with E-state index in [4.69, 9.17) is 5.11 Å². The van der Waals surface area contributed by atoms with Crippen LogP contribution in [0.5, 0.6) is 0 Å². The predicted molar refractivity (Wildman–Crippen MR) is 84.4 cm³/mol. The minimum Gasteiger partial charge on any atom is -0.480 e. The summed E-state index contributed by atoms with van der Waals surface area (Å²) in [6.07, 6.45) is 0. The van der Waals surface area contributed by atoms with Gasteiger partial charge in [0.05, 0.1) is 13.1 Å². The minimum absolute atomic E-state index is 0.0239. The van der Waals surface area contributed by atoms with Crippen LogP contribution in [-0.2, 0) is 16.1 Å². The molecule has 0 radical (unpaired) electrons. The molecule has 0 spiro atoms. The van der Waals surface area contributed by atoms with Crippen LogP contribution in [0.2, 0.25) is 0 Å². The van der Waals surface area contributed by atoms with Crippen molar-refractivity contribution in [3.63, 3.8) is 0 Å². The Kier molecular flexibility index (Phi) is 5.68. The van der Waals surface area contributed by atoms with Gasteiger partial charge in [-0.05, 0) is 17.7 Å². The van der Waals surface area contributed by atoms with Crippen LogP contribution in [0.1, 0.15) is 5.56 Å². The Morgan fingerprint density at radius 2 is 1.50 bits per heavy atom. The molecule has 0 atom stereocenters. The molecule has 114 valence electrons. The molecule has 0 bridgehead atoms. The van der Waals surface area contributed by atoms with E-state index < -0.39 is 5.97 Å². The number of anilines is 1. The molecular formula is C17H18N2O3. The summed E-state index contributed by atoms with van der Waals surface area (Å²) in [6.45, 7) is 0.253. The van der Waals surface area contributed by atoms with Gasteiger partial charge < -0.3 is 10.4 Å². The van der Waals surface area contributed by atoms with E-state index in [-0.39, 0.29) is 19.0 Å². The summed E-state index contributed by atoms with van der Waals surface area (Å²) in [5.41, 5.74) is 1.67. The number of carboxylic acid groups (broad SMARTS) is 1. The van der Waals surface area contributed by atoms with E-state index in [1.54, 1.807) is 17.0 Å². The molecule has 0 aliphatic carbocycles. The first-order valence-electron chi connectivity index (χ1n) is 6.96. The average Bonchev–Trinajstić information content (AvgIpc) is 2.48. The lowest BCUT2D eigenvalue weighted by molar-refractivity contribution is -0.138. The van der Waals surface area contributed by atoms with Crippen molar-refractivity contribution in [1.82, 2.24) is 4.90 Å². The number of benzene rings is 2. The van der Waals surface area contributed by atoms with Crippen molar-refractivity contribution < 1.29 is 14.7 Å². The molecule has 2 rings (SSSR count). The molecule has 0 aliphatic heterocycles. The van der Waals surface area contributed by atoms with Crippen molar-refractivity contribution in [2.75, 3.05) is 18.4 Å². The van der Waals surface area contributed by atoms with Crippen molar-refractivity contribution >= 4 is 17.6 Å². The van der Waals surface area contributed by atoms with Crippen LogP contribution in [0.15, 0.2) is 60.7 Å². The summed E-state index contributed by atoms with van der Waals surface area (Å²) in [5.74, 6) is -1.19. The van der Waals surface area contributed by atoms with Gasteiger partial charge in [0, 0.05) is 12.2 Å². The first-order chi connectivity index (χ1) is 10.6. The molecular weight excluding hydrogens is 280 g/mol. The number of aliphatic carboxylic acids is 1. The van der Waals surface area contributed by atoms with E-state index in [1.165, 1.54) is 0 Å². The quantitative estimate of drug-likeness (QED) is 0.822. The van der Waals surface area contributed by atoms with Gasteiger partial charge in [0.1, 0.15) is 0 Å². The van der Waals surface area contributed by atoms with Crippen LogP contribution in [0.4, 0.5) is 5.69 Å². The monoisotopic (exact) mass is 298 g/mol. The normalized spacial score (nSPS) is 10.4. The summed E-state index contributed by atoms with van der Waals surface area (Å²) < 4.78 is 0. The third-order valence-electron chi connectivity index (χ3n) is 3.03. The number of para-hydroxylation sites is 1. The zero-order chi connectivity index (χ0) is 15.8. The van der Waals surface area contributed by atoms with Gasteiger partial charge in [-0.2, -0.15) is 0 Å². The Hall–Kier alpha value is -2.66. The number of carboxylic acids is 1. The molecule has 0 unspecified atom stereocenters. The van der Waals surface area contributed by atoms with Crippen LogP contribution in [-0.4, -0.2) is 35.0 Å². The van der Waals surface area contributed by atoms with Crippen LogP contribution in [0, 0.1) is 0 Å². The topological polar surface area (TPSA) is 69.6 Å². The summed E-state index contributed by atoms with van der Waals surface area (Å²) in [7, 11) is 0. The maximum Gasteiger partial charge on any atom is 0.317 e. The number of carbonyl (C=O) groups excluding carboxylic acids is 1. The molecule has 0 saturated heterocycles. The highest BCUT2D eigenvalue weighted by atomic mass is 16.4. The lowest BCUT2D eigenvalue weighted by Crippen LogP contribution is -2.36. The third-order valence-corrected chi connectivity index (χ3v) is 3.03. The molecule has 0 fully saturated rings. The maximum atomic E-state index is 12.0. The van der Waals surface area contributed by atoms with Crippen molar-refractivity contribution in [3.05, 3.63) is 66.2 Å². The Morgan fingerprint density at radius 1 is 0.909 bits per heavy atom. The molecule has 0 aromatic heterocycles. The predicted octanol–water partition coefficient (Wildman–Crippen LogP) is 2.21. The van der Waals surface area contributed by atoms with E-state index in [1.807, 2.05) is 48.5 Å². The highest BCUT2D eigenvalue weighted by Crippen LogP contribution is 2.07. The van der Waals surface area contributed by atoms with Crippen molar-refractivity contribution in [3.8, 4) is 0 Å². The van der Waals surface area contributed by atoms with Gasteiger partial charge in [0.2, 0.25) is 5.91 Å². The molecule has 5 heteroatoms. The molecule has 2 aromatic rings. The standard InChI is InChI=1S/C17H18N2O3/c20-16(18-15-9-5-2-6-10-15)12-19(13-17(21)22)11-14-7-3-1-4-8-14/h1-10H,11-13H2,(H,18,20)(H,21,22). The van der Waals surface area contributed by atoms with Crippen molar-refractivity contribution in [2.45, 2.75) is 6.54 Å². The highest BCUT2D eigenvalue weighted by Gasteiger charge is 2.14. The Balaban J connectivity index is 1.97. The number of amides is 1. The molecule has 2 N–H and O–H groups in total. The summed E-state index contributed by atoms with van der Waals surface area (Å²) in [4.78, 5) is 24.6. The summed E-state index contributed by atoms with van der Waals surface area (Å²) in [5, 5.41) is 11.7. The van der Waals surface area contributed by atoms with Gasteiger partial charge in [0.15, 0.2) is 0 Å². The first-order valence-corrected chi connectivity index (χ1v) is 6.96. The van der Waals surface area contributed by atoms with Gasteiger partial charge in [0.25, 0.3) is 0 Å². The van der Waals surface area contributed by atoms with Gasteiger partial charge in [-0.1, -0.05) is 48.5 Å². The second-order valence-electron chi connectivity index (χ2n) is 4.94. The number of nitrogens with one attached hydrogen (secondary N) is 1. The first kappa shape index (κ1) is 15.7. The van der Waals surface area contributed by atoms with Crippen molar-refractivity contribution in [2.24, 2.45) is 0 Å². The largest absolute Gasteiger partial charge is 0.480 e. The maximum absolute atomic E-state index is 12.0.